The Labute approximate surface area is 129 Å². The van der Waals surface area contributed by atoms with Gasteiger partial charge in [-0.05, 0) is 24.6 Å². The molecule has 1 saturated heterocycles. The minimum Gasteiger partial charge on any atom is -0.375 e. The maximum absolute atomic E-state index is 12.2. The van der Waals surface area contributed by atoms with Crippen LogP contribution in [0.5, 0.6) is 0 Å². The molecule has 1 unspecified atom stereocenters. The Morgan fingerprint density at radius 2 is 2.23 bits per heavy atom. The van der Waals surface area contributed by atoms with Crippen LogP contribution in [0.25, 0.3) is 0 Å². The summed E-state index contributed by atoms with van der Waals surface area (Å²) >= 11 is 0. The Hall–Kier alpha value is -2.34. The predicted molar refractivity (Wildman–Crippen MR) is 83.8 cm³/mol. The summed E-state index contributed by atoms with van der Waals surface area (Å²) in [6.45, 7) is 4.61. The number of hydrogen-bond acceptors (Lipinski definition) is 3. The summed E-state index contributed by atoms with van der Waals surface area (Å²) in [4.78, 5) is 18.0. The number of benzene rings is 1. The number of carbonyl (C=O) groups is 1. The van der Waals surface area contributed by atoms with Crippen molar-refractivity contribution < 1.29 is 9.53 Å². The number of carbonyl (C=O) groups excluding carboxylic acids is 1. The van der Waals surface area contributed by atoms with Gasteiger partial charge in [-0.1, -0.05) is 12.1 Å². The number of aromatic nitrogens is 2. The van der Waals surface area contributed by atoms with E-state index in [1.54, 1.807) is 17.4 Å². The molecule has 0 saturated carbocycles. The van der Waals surface area contributed by atoms with Gasteiger partial charge in [-0.15, -0.1) is 0 Å². The number of urea groups is 1. The first-order valence-electron chi connectivity index (χ1n) is 7.43. The molecule has 3 rings (SSSR count). The van der Waals surface area contributed by atoms with Gasteiger partial charge in [-0.2, -0.15) is 0 Å². The lowest BCUT2D eigenvalue weighted by Crippen LogP contribution is -2.46. The van der Waals surface area contributed by atoms with Gasteiger partial charge in [0.25, 0.3) is 0 Å². The molecule has 1 aliphatic rings. The zero-order chi connectivity index (χ0) is 15.4. The Kier molecular flexibility index (Phi) is 4.39. The monoisotopic (exact) mass is 300 g/mol. The fourth-order valence-electron chi connectivity index (χ4n) is 2.49. The Bertz CT molecular complexity index is 610. The van der Waals surface area contributed by atoms with Gasteiger partial charge < -0.3 is 19.5 Å². The molecule has 2 aromatic rings. The zero-order valence-electron chi connectivity index (χ0n) is 12.6. The Morgan fingerprint density at radius 1 is 1.41 bits per heavy atom. The molecule has 6 heteroatoms. The number of nitrogens with zero attached hydrogens (tertiary/aromatic N) is 3. The van der Waals surface area contributed by atoms with Crippen molar-refractivity contribution in [2.45, 2.75) is 19.6 Å². The second-order valence-corrected chi connectivity index (χ2v) is 5.49. The quantitative estimate of drug-likeness (QED) is 0.945. The van der Waals surface area contributed by atoms with E-state index in [1.165, 1.54) is 0 Å². The third-order valence-electron chi connectivity index (χ3n) is 3.66. The molecule has 22 heavy (non-hydrogen) atoms. The van der Waals surface area contributed by atoms with Gasteiger partial charge in [0.2, 0.25) is 0 Å². The first-order chi connectivity index (χ1) is 10.7. The number of hydrogen-bond donors (Lipinski definition) is 1. The average molecular weight is 300 g/mol. The summed E-state index contributed by atoms with van der Waals surface area (Å²) < 4.78 is 7.45. The van der Waals surface area contributed by atoms with E-state index in [9.17, 15) is 4.79 Å². The fraction of sp³-hybridized carbons (Fsp3) is 0.375. The van der Waals surface area contributed by atoms with E-state index in [0.717, 1.165) is 17.8 Å². The number of nitrogens with one attached hydrogen (secondary N) is 1. The number of ether oxygens (including phenoxy) is 1. The van der Waals surface area contributed by atoms with E-state index in [-0.39, 0.29) is 12.1 Å². The van der Waals surface area contributed by atoms with Crippen LogP contribution in [0.1, 0.15) is 12.5 Å². The minimum atomic E-state index is -0.0718. The molecule has 0 spiro atoms. The molecule has 1 atom stereocenters. The highest BCUT2D eigenvalue weighted by Gasteiger charge is 2.21. The van der Waals surface area contributed by atoms with Gasteiger partial charge >= 0.3 is 6.03 Å². The normalized spacial score (nSPS) is 18.2. The minimum absolute atomic E-state index is 0.0718. The summed E-state index contributed by atoms with van der Waals surface area (Å²) in [6.07, 6.45) is 5.57. The Morgan fingerprint density at radius 3 is 2.91 bits per heavy atom. The van der Waals surface area contributed by atoms with Gasteiger partial charge in [0.1, 0.15) is 0 Å². The number of imidazole rings is 1. The summed E-state index contributed by atoms with van der Waals surface area (Å²) in [6, 6.07) is 7.80. The van der Waals surface area contributed by atoms with E-state index in [0.29, 0.717) is 19.7 Å². The SMILES string of the molecule is CC1CN(C(=O)Nc2ccc(Cn3ccnc3)cc2)CCO1. The molecule has 1 aliphatic heterocycles. The van der Waals surface area contributed by atoms with Crippen LogP contribution in [0.4, 0.5) is 10.5 Å². The molecule has 1 N–H and O–H groups in total. The molecule has 2 amide bonds. The van der Waals surface area contributed by atoms with E-state index in [1.807, 2.05) is 42.0 Å². The van der Waals surface area contributed by atoms with Crippen LogP contribution >= 0.6 is 0 Å². The van der Waals surface area contributed by atoms with Crippen molar-refractivity contribution in [1.82, 2.24) is 14.5 Å². The molecule has 0 radical (unpaired) electrons. The second kappa shape index (κ2) is 6.62. The fourth-order valence-corrected chi connectivity index (χ4v) is 2.49. The third-order valence-corrected chi connectivity index (χ3v) is 3.66. The first-order valence-corrected chi connectivity index (χ1v) is 7.43. The van der Waals surface area contributed by atoms with Crippen LogP contribution in [0.2, 0.25) is 0 Å². The number of rotatable bonds is 3. The maximum Gasteiger partial charge on any atom is 0.322 e. The highest BCUT2D eigenvalue weighted by Crippen LogP contribution is 2.13. The topological polar surface area (TPSA) is 59.4 Å². The molecule has 0 aliphatic carbocycles. The van der Waals surface area contributed by atoms with E-state index in [2.05, 4.69) is 10.3 Å². The van der Waals surface area contributed by atoms with E-state index in [4.69, 9.17) is 4.74 Å². The van der Waals surface area contributed by atoms with Gasteiger partial charge in [0.05, 0.1) is 19.0 Å². The van der Waals surface area contributed by atoms with Crippen LogP contribution < -0.4 is 5.32 Å². The summed E-state index contributed by atoms with van der Waals surface area (Å²) in [5, 5.41) is 2.93. The smallest absolute Gasteiger partial charge is 0.322 e. The number of amides is 2. The molecule has 2 heterocycles. The van der Waals surface area contributed by atoms with Crippen LogP contribution in [-0.4, -0.2) is 46.3 Å². The van der Waals surface area contributed by atoms with Crippen molar-refractivity contribution in [3.8, 4) is 0 Å². The van der Waals surface area contributed by atoms with Crippen molar-refractivity contribution in [2.75, 3.05) is 25.0 Å². The highest BCUT2D eigenvalue weighted by molar-refractivity contribution is 5.89. The van der Waals surface area contributed by atoms with Gasteiger partial charge in [0.15, 0.2) is 0 Å². The van der Waals surface area contributed by atoms with Crippen LogP contribution in [-0.2, 0) is 11.3 Å². The lowest BCUT2D eigenvalue weighted by atomic mass is 10.2. The Balaban J connectivity index is 1.57. The molecule has 1 aromatic carbocycles. The molecule has 1 fully saturated rings. The number of anilines is 1. The van der Waals surface area contributed by atoms with Crippen molar-refractivity contribution in [3.63, 3.8) is 0 Å². The van der Waals surface area contributed by atoms with Gasteiger partial charge in [0, 0.05) is 37.7 Å². The van der Waals surface area contributed by atoms with Gasteiger partial charge in [-0.3, -0.25) is 0 Å². The van der Waals surface area contributed by atoms with Crippen molar-refractivity contribution in [1.29, 1.82) is 0 Å². The third kappa shape index (κ3) is 3.65. The largest absolute Gasteiger partial charge is 0.375 e. The van der Waals surface area contributed by atoms with Crippen molar-refractivity contribution in [2.24, 2.45) is 0 Å². The van der Waals surface area contributed by atoms with Gasteiger partial charge in [-0.25, -0.2) is 9.78 Å². The van der Waals surface area contributed by atoms with Crippen LogP contribution in [0.3, 0.4) is 0 Å². The average Bonchev–Trinajstić information content (AvgIpc) is 3.02. The molecular formula is C16H20N4O2. The maximum atomic E-state index is 12.2. The number of morpholine rings is 1. The summed E-state index contributed by atoms with van der Waals surface area (Å²) in [5.74, 6) is 0. The standard InChI is InChI=1S/C16H20N4O2/c1-13-10-20(8-9-22-13)16(21)18-15-4-2-14(3-5-15)11-19-7-6-17-12-19/h2-7,12-13H,8-11H2,1H3,(H,18,21). The predicted octanol–water partition coefficient (Wildman–Crippen LogP) is 2.18. The molecule has 0 bridgehead atoms. The zero-order valence-corrected chi connectivity index (χ0v) is 12.6. The van der Waals surface area contributed by atoms with Crippen molar-refractivity contribution >= 4 is 11.7 Å². The summed E-state index contributed by atoms with van der Waals surface area (Å²) in [5.41, 5.74) is 1.97. The molecular weight excluding hydrogens is 280 g/mol. The highest BCUT2D eigenvalue weighted by atomic mass is 16.5. The second-order valence-electron chi connectivity index (χ2n) is 5.49. The summed E-state index contributed by atoms with van der Waals surface area (Å²) in [7, 11) is 0. The molecule has 6 nitrogen and oxygen atoms in total. The lowest BCUT2D eigenvalue weighted by molar-refractivity contribution is -0.00138. The van der Waals surface area contributed by atoms with E-state index >= 15 is 0 Å². The van der Waals surface area contributed by atoms with Crippen LogP contribution in [0.15, 0.2) is 43.0 Å². The molecule has 116 valence electrons. The molecule has 1 aromatic heterocycles. The lowest BCUT2D eigenvalue weighted by Gasteiger charge is -2.31. The van der Waals surface area contributed by atoms with E-state index < -0.39 is 0 Å². The van der Waals surface area contributed by atoms with Crippen molar-refractivity contribution in [3.05, 3.63) is 48.5 Å². The van der Waals surface area contributed by atoms with Crippen LogP contribution in [0, 0.1) is 0 Å². The first kappa shape index (κ1) is 14.6.